The number of nitrogens with one attached hydrogen (secondary N) is 2. The Balaban J connectivity index is 1.51. The molecule has 8 nitrogen and oxygen atoms in total. The Morgan fingerprint density at radius 1 is 1.15 bits per heavy atom. The second-order valence-corrected chi connectivity index (χ2v) is 9.61. The molecule has 2 aromatic heterocycles. The van der Waals surface area contributed by atoms with Gasteiger partial charge in [0.1, 0.15) is 11.6 Å². The van der Waals surface area contributed by atoms with Gasteiger partial charge in [0.25, 0.3) is 5.56 Å². The van der Waals surface area contributed by atoms with E-state index in [1.54, 1.807) is 4.52 Å². The molecule has 34 heavy (non-hydrogen) atoms. The van der Waals surface area contributed by atoms with E-state index in [9.17, 15) is 4.79 Å². The molecule has 2 fully saturated rings. The van der Waals surface area contributed by atoms with Crippen LogP contribution in [0.4, 0.5) is 5.69 Å². The van der Waals surface area contributed by atoms with Crippen LogP contribution in [-0.2, 0) is 0 Å². The molecule has 2 N–H and O–H groups in total. The van der Waals surface area contributed by atoms with E-state index < -0.39 is 0 Å². The van der Waals surface area contributed by atoms with Crippen molar-refractivity contribution >= 4 is 11.2 Å². The maximum Gasteiger partial charge on any atom is 0.277 e. The number of aromatic nitrogens is 4. The van der Waals surface area contributed by atoms with Crippen molar-refractivity contribution in [2.75, 3.05) is 31.6 Å². The molecule has 1 saturated heterocycles. The van der Waals surface area contributed by atoms with Crippen molar-refractivity contribution in [1.29, 1.82) is 0 Å². The van der Waals surface area contributed by atoms with E-state index in [0.717, 1.165) is 67.3 Å². The molecule has 1 aromatic carbocycles. The van der Waals surface area contributed by atoms with Gasteiger partial charge in [0.05, 0.1) is 17.9 Å². The van der Waals surface area contributed by atoms with Gasteiger partial charge in [-0.3, -0.25) is 4.79 Å². The summed E-state index contributed by atoms with van der Waals surface area (Å²) in [7, 11) is 2.03. The van der Waals surface area contributed by atoms with Gasteiger partial charge < -0.3 is 19.9 Å². The zero-order valence-corrected chi connectivity index (χ0v) is 20.6. The number of benzene rings is 1. The Hall–Kier alpha value is -2.87. The fourth-order valence-electron chi connectivity index (χ4n) is 5.56. The highest BCUT2D eigenvalue weighted by molar-refractivity contribution is 5.70. The monoisotopic (exact) mass is 464 g/mol. The van der Waals surface area contributed by atoms with Crippen LogP contribution >= 0.6 is 0 Å². The second-order valence-electron chi connectivity index (χ2n) is 9.61. The lowest BCUT2D eigenvalue weighted by Gasteiger charge is -2.33. The average molecular weight is 465 g/mol. The minimum absolute atomic E-state index is 0.133. The highest BCUT2D eigenvalue weighted by Gasteiger charge is 2.25. The molecule has 0 amide bonds. The predicted octanol–water partition coefficient (Wildman–Crippen LogP) is 4.03. The average Bonchev–Trinajstić information content (AvgIpc) is 3.21. The van der Waals surface area contributed by atoms with Gasteiger partial charge in [-0.2, -0.15) is 0 Å². The third-order valence-electron chi connectivity index (χ3n) is 7.47. The Bertz CT molecular complexity index is 1200. The fraction of sp³-hybridized carbons (Fsp3) is 0.577. The van der Waals surface area contributed by atoms with Gasteiger partial charge in [-0.05, 0) is 58.7 Å². The van der Waals surface area contributed by atoms with Gasteiger partial charge in [-0.15, -0.1) is 5.10 Å². The molecule has 0 radical (unpaired) electrons. The number of anilines is 1. The van der Waals surface area contributed by atoms with Gasteiger partial charge in [0.15, 0.2) is 11.3 Å². The van der Waals surface area contributed by atoms with E-state index >= 15 is 0 Å². The van der Waals surface area contributed by atoms with Crippen LogP contribution in [0, 0.1) is 6.92 Å². The summed E-state index contributed by atoms with van der Waals surface area (Å²) in [6.45, 7) is 6.47. The number of hydrogen-bond acceptors (Lipinski definition) is 6. The molecule has 3 heterocycles. The summed E-state index contributed by atoms with van der Waals surface area (Å²) < 4.78 is 7.75. The zero-order chi connectivity index (χ0) is 23.7. The van der Waals surface area contributed by atoms with E-state index in [1.165, 1.54) is 19.3 Å². The van der Waals surface area contributed by atoms with Gasteiger partial charge in [0.2, 0.25) is 0 Å². The molecule has 0 bridgehead atoms. The number of H-pyrrole nitrogens is 1. The minimum Gasteiger partial charge on any atom is -0.493 e. The quantitative estimate of drug-likeness (QED) is 0.573. The Morgan fingerprint density at radius 2 is 1.91 bits per heavy atom. The van der Waals surface area contributed by atoms with Crippen molar-refractivity contribution < 1.29 is 4.74 Å². The first-order valence-corrected chi connectivity index (χ1v) is 12.8. The molecular weight excluding hydrogens is 428 g/mol. The van der Waals surface area contributed by atoms with Crippen molar-refractivity contribution in [2.24, 2.45) is 0 Å². The zero-order valence-electron chi connectivity index (χ0n) is 20.6. The summed E-state index contributed by atoms with van der Waals surface area (Å²) >= 11 is 0. The first kappa shape index (κ1) is 22.9. The number of ether oxygens (including phenoxy) is 1. The van der Waals surface area contributed by atoms with Gasteiger partial charge in [-0.1, -0.05) is 19.3 Å². The number of piperidine rings is 1. The summed E-state index contributed by atoms with van der Waals surface area (Å²) in [6.07, 6.45) is 8.09. The SMILES string of the molecule is CCOc1cc(N2CCC(NC)CC2)ccc1-c1nn2c(C)nc(C3CCCCC3)c2c(=O)[nH]1. The topological polar surface area (TPSA) is 87.5 Å². The molecule has 0 spiro atoms. The van der Waals surface area contributed by atoms with Crippen LogP contribution in [0.15, 0.2) is 23.0 Å². The van der Waals surface area contributed by atoms with Gasteiger partial charge >= 0.3 is 0 Å². The fourth-order valence-corrected chi connectivity index (χ4v) is 5.56. The molecular formula is C26H36N6O2. The maximum absolute atomic E-state index is 13.3. The molecule has 8 heteroatoms. The van der Waals surface area contributed by atoms with Gasteiger partial charge in [-0.25, -0.2) is 9.50 Å². The first-order valence-electron chi connectivity index (χ1n) is 12.8. The summed E-state index contributed by atoms with van der Waals surface area (Å²) in [5.74, 6) is 2.35. The molecule has 1 aliphatic heterocycles. The van der Waals surface area contributed by atoms with Crippen LogP contribution in [0.1, 0.15) is 69.3 Å². The van der Waals surface area contributed by atoms with Crippen molar-refractivity contribution in [2.45, 2.75) is 70.8 Å². The van der Waals surface area contributed by atoms with Crippen molar-refractivity contribution in [1.82, 2.24) is 24.9 Å². The van der Waals surface area contributed by atoms with Crippen LogP contribution in [0.25, 0.3) is 16.9 Å². The molecule has 5 rings (SSSR count). The third kappa shape index (κ3) is 4.31. The summed E-state index contributed by atoms with van der Waals surface area (Å²) in [6, 6.07) is 6.79. The van der Waals surface area contributed by atoms with Crippen LogP contribution < -0.4 is 20.5 Å². The minimum atomic E-state index is -0.133. The standard InChI is InChI=1S/C26H36N6O2/c1-4-34-22-16-20(31-14-12-19(27-3)13-15-31)10-11-21(22)25-29-26(33)24-23(18-8-6-5-7-9-18)28-17(2)32(24)30-25/h10-11,16,18-19,27H,4-9,12-15H2,1-3H3,(H,29,30,33). The number of nitrogens with zero attached hydrogens (tertiary/aromatic N) is 4. The number of aromatic amines is 1. The third-order valence-corrected chi connectivity index (χ3v) is 7.47. The largest absolute Gasteiger partial charge is 0.493 e. The molecule has 0 unspecified atom stereocenters. The van der Waals surface area contributed by atoms with E-state index in [1.807, 2.05) is 27.0 Å². The van der Waals surface area contributed by atoms with Crippen LogP contribution in [0.2, 0.25) is 0 Å². The highest BCUT2D eigenvalue weighted by atomic mass is 16.5. The molecule has 1 saturated carbocycles. The lowest BCUT2D eigenvalue weighted by Crippen LogP contribution is -2.41. The van der Waals surface area contributed by atoms with Crippen LogP contribution in [-0.4, -0.2) is 52.4 Å². The van der Waals surface area contributed by atoms with Gasteiger partial charge in [0, 0.05) is 36.8 Å². The summed E-state index contributed by atoms with van der Waals surface area (Å²) in [5.41, 5.74) is 3.30. The number of rotatable bonds is 6. The van der Waals surface area contributed by atoms with E-state index in [-0.39, 0.29) is 5.56 Å². The number of imidazole rings is 1. The van der Waals surface area contributed by atoms with Crippen LogP contribution in [0.5, 0.6) is 5.75 Å². The summed E-state index contributed by atoms with van der Waals surface area (Å²) in [4.78, 5) is 23.5. The van der Waals surface area contributed by atoms with Crippen molar-refractivity contribution in [3.63, 3.8) is 0 Å². The first-order chi connectivity index (χ1) is 16.6. The van der Waals surface area contributed by atoms with E-state index in [2.05, 4.69) is 27.3 Å². The second kappa shape index (κ2) is 9.78. The molecule has 182 valence electrons. The summed E-state index contributed by atoms with van der Waals surface area (Å²) in [5, 5.41) is 8.21. The predicted molar refractivity (Wildman–Crippen MR) is 135 cm³/mol. The highest BCUT2D eigenvalue weighted by Crippen LogP contribution is 2.35. The lowest BCUT2D eigenvalue weighted by atomic mass is 9.87. The Labute approximate surface area is 200 Å². The Kier molecular flexibility index (Phi) is 6.59. The van der Waals surface area contributed by atoms with E-state index in [4.69, 9.17) is 14.8 Å². The number of aryl methyl sites for hydroxylation is 1. The lowest BCUT2D eigenvalue weighted by molar-refractivity contribution is 0.341. The van der Waals surface area contributed by atoms with Crippen molar-refractivity contribution in [3.05, 3.63) is 40.1 Å². The van der Waals surface area contributed by atoms with Crippen LogP contribution in [0.3, 0.4) is 0 Å². The number of hydrogen-bond donors (Lipinski definition) is 2. The van der Waals surface area contributed by atoms with E-state index in [0.29, 0.717) is 29.9 Å². The maximum atomic E-state index is 13.3. The normalized spacial score (nSPS) is 18.0. The van der Waals surface area contributed by atoms with Crippen molar-refractivity contribution in [3.8, 4) is 17.1 Å². The molecule has 0 atom stereocenters. The number of fused-ring (bicyclic) bond motifs is 1. The molecule has 1 aliphatic carbocycles. The molecule has 3 aromatic rings. The molecule has 2 aliphatic rings. The smallest absolute Gasteiger partial charge is 0.277 e. The Morgan fingerprint density at radius 3 is 2.62 bits per heavy atom.